The molecule has 1 heterocycles. The molecule has 2 N–H and O–H groups in total. The predicted octanol–water partition coefficient (Wildman–Crippen LogP) is 2.79. The van der Waals surface area contributed by atoms with Gasteiger partial charge < -0.3 is 19.7 Å². The molecule has 0 unspecified atom stereocenters. The number of rotatable bonds is 5. The quantitative estimate of drug-likeness (QED) is 0.749. The van der Waals surface area contributed by atoms with Crippen LogP contribution >= 0.6 is 0 Å². The number of fused-ring (bicyclic) bond motifs is 1. The normalized spacial score (nSPS) is 12.2. The van der Waals surface area contributed by atoms with Gasteiger partial charge in [-0.05, 0) is 24.3 Å². The number of carbonyl (C=O) groups is 1. The summed E-state index contributed by atoms with van der Waals surface area (Å²) in [4.78, 5) is 12.2. The molecule has 1 aromatic heterocycles. The van der Waals surface area contributed by atoms with E-state index in [1.165, 1.54) is 19.2 Å². The summed E-state index contributed by atoms with van der Waals surface area (Å²) in [6, 6.07) is 11.7. The summed E-state index contributed by atoms with van der Waals surface area (Å²) in [7, 11) is 3.26. The second kappa shape index (κ2) is 6.94. The molecule has 25 heavy (non-hydrogen) atoms. The molecule has 1 amide bonds. The maximum atomic E-state index is 13.7. The highest BCUT2D eigenvalue weighted by Gasteiger charge is 2.16. The van der Waals surface area contributed by atoms with Gasteiger partial charge in [0.2, 0.25) is 0 Å². The van der Waals surface area contributed by atoms with Crippen molar-refractivity contribution in [3.8, 4) is 5.75 Å². The number of para-hydroxylation sites is 1. The van der Waals surface area contributed by atoms with E-state index in [4.69, 9.17) is 4.74 Å². The Morgan fingerprint density at radius 1 is 1.32 bits per heavy atom. The van der Waals surface area contributed by atoms with Crippen LogP contribution < -0.4 is 10.1 Å². The van der Waals surface area contributed by atoms with E-state index in [1.807, 2.05) is 42.1 Å². The first kappa shape index (κ1) is 17.0. The van der Waals surface area contributed by atoms with Crippen LogP contribution in [-0.4, -0.2) is 29.2 Å². The molecule has 0 bridgehead atoms. The van der Waals surface area contributed by atoms with Crippen LogP contribution in [-0.2, 0) is 7.05 Å². The number of benzene rings is 2. The van der Waals surface area contributed by atoms with Crippen LogP contribution in [0.25, 0.3) is 10.9 Å². The van der Waals surface area contributed by atoms with Crippen molar-refractivity contribution in [2.24, 2.45) is 7.05 Å². The summed E-state index contributed by atoms with van der Waals surface area (Å²) in [5, 5.41) is 14.0. The first-order valence-electron chi connectivity index (χ1n) is 7.85. The van der Waals surface area contributed by atoms with Gasteiger partial charge in [-0.2, -0.15) is 0 Å². The van der Waals surface area contributed by atoms with Gasteiger partial charge in [-0.25, -0.2) is 4.39 Å². The molecule has 6 heteroatoms. The van der Waals surface area contributed by atoms with Gasteiger partial charge in [-0.1, -0.05) is 18.2 Å². The number of carbonyl (C=O) groups excluding carboxylic acids is 1. The van der Waals surface area contributed by atoms with Gasteiger partial charge in [0.05, 0.1) is 13.2 Å². The number of hydrogen-bond acceptors (Lipinski definition) is 3. The van der Waals surface area contributed by atoms with Crippen molar-refractivity contribution in [1.29, 1.82) is 0 Å². The monoisotopic (exact) mass is 342 g/mol. The number of aliphatic hydroxyl groups is 1. The van der Waals surface area contributed by atoms with Crippen molar-refractivity contribution >= 4 is 16.8 Å². The van der Waals surface area contributed by atoms with E-state index in [1.54, 1.807) is 0 Å². The Labute approximate surface area is 144 Å². The lowest BCUT2D eigenvalue weighted by Crippen LogP contribution is -2.28. The fourth-order valence-electron chi connectivity index (χ4n) is 2.85. The molecular weight excluding hydrogens is 323 g/mol. The molecule has 0 spiro atoms. The van der Waals surface area contributed by atoms with Crippen LogP contribution in [0, 0.1) is 5.82 Å². The number of nitrogens with zero attached hydrogens (tertiary/aromatic N) is 1. The van der Waals surface area contributed by atoms with Crippen molar-refractivity contribution in [3.63, 3.8) is 0 Å². The van der Waals surface area contributed by atoms with Crippen LogP contribution in [0.3, 0.4) is 0 Å². The van der Waals surface area contributed by atoms with Gasteiger partial charge in [0.1, 0.15) is 0 Å². The lowest BCUT2D eigenvalue weighted by atomic mass is 10.1. The smallest absolute Gasteiger partial charge is 0.251 e. The fraction of sp³-hybridized carbons (Fsp3) is 0.211. The minimum absolute atomic E-state index is 0.0283. The van der Waals surface area contributed by atoms with Gasteiger partial charge in [-0.3, -0.25) is 4.79 Å². The molecule has 3 rings (SSSR count). The maximum absolute atomic E-state index is 13.7. The molecule has 5 nitrogen and oxygen atoms in total. The molecule has 0 aliphatic heterocycles. The van der Waals surface area contributed by atoms with Gasteiger partial charge >= 0.3 is 0 Å². The maximum Gasteiger partial charge on any atom is 0.251 e. The van der Waals surface area contributed by atoms with Gasteiger partial charge in [0.15, 0.2) is 11.6 Å². The van der Waals surface area contributed by atoms with Gasteiger partial charge in [0.25, 0.3) is 5.91 Å². The molecule has 0 radical (unpaired) electrons. The number of hydrogen-bond donors (Lipinski definition) is 2. The van der Waals surface area contributed by atoms with E-state index in [2.05, 4.69) is 5.32 Å². The Morgan fingerprint density at radius 2 is 2.08 bits per heavy atom. The van der Waals surface area contributed by atoms with E-state index < -0.39 is 17.8 Å². The number of aliphatic hydroxyl groups excluding tert-OH is 1. The average Bonchev–Trinajstić information content (AvgIpc) is 2.96. The third kappa shape index (κ3) is 3.34. The highest BCUT2D eigenvalue weighted by Crippen LogP contribution is 2.25. The largest absolute Gasteiger partial charge is 0.494 e. The SMILES string of the molecule is COc1ccc(C(=O)NC[C@@H](O)c2cn(C)c3ccccc23)cc1F. The van der Waals surface area contributed by atoms with Crippen molar-refractivity contribution < 1.29 is 19.0 Å². The zero-order valence-electron chi connectivity index (χ0n) is 14.0. The number of ether oxygens (including phenoxy) is 1. The Balaban J connectivity index is 1.72. The summed E-state index contributed by atoms with van der Waals surface area (Å²) < 4.78 is 20.4. The Bertz CT molecular complexity index is 920. The molecule has 0 aliphatic carbocycles. The molecule has 1 atom stereocenters. The summed E-state index contributed by atoms with van der Waals surface area (Å²) >= 11 is 0. The van der Waals surface area contributed by atoms with Gasteiger partial charge in [-0.15, -0.1) is 0 Å². The topological polar surface area (TPSA) is 63.5 Å². The first-order valence-corrected chi connectivity index (χ1v) is 7.85. The number of aryl methyl sites for hydroxylation is 1. The Hall–Kier alpha value is -2.86. The van der Waals surface area contributed by atoms with Crippen molar-refractivity contribution in [2.45, 2.75) is 6.10 Å². The van der Waals surface area contributed by atoms with E-state index >= 15 is 0 Å². The second-order valence-corrected chi connectivity index (χ2v) is 5.79. The third-order valence-electron chi connectivity index (χ3n) is 4.16. The minimum Gasteiger partial charge on any atom is -0.494 e. The second-order valence-electron chi connectivity index (χ2n) is 5.79. The molecule has 3 aromatic rings. The summed E-state index contributed by atoms with van der Waals surface area (Å²) in [6.07, 6.45) is 0.979. The van der Waals surface area contributed by atoms with Crippen molar-refractivity contribution in [3.05, 3.63) is 65.6 Å². The minimum atomic E-state index is -0.863. The Morgan fingerprint density at radius 3 is 2.80 bits per heavy atom. The van der Waals surface area contributed by atoms with Crippen molar-refractivity contribution in [2.75, 3.05) is 13.7 Å². The fourth-order valence-corrected chi connectivity index (χ4v) is 2.85. The summed E-state index contributed by atoms with van der Waals surface area (Å²) in [6.45, 7) is 0.0283. The van der Waals surface area contributed by atoms with E-state index in [9.17, 15) is 14.3 Å². The zero-order chi connectivity index (χ0) is 18.0. The standard InChI is InChI=1S/C19H19FN2O3/c1-22-11-14(13-5-3-4-6-16(13)22)17(23)10-21-19(24)12-7-8-18(25-2)15(20)9-12/h3-9,11,17,23H,10H2,1-2H3,(H,21,24)/t17-/m1/s1. The molecular formula is C19H19FN2O3. The summed E-state index contributed by atoms with van der Waals surface area (Å²) in [5.74, 6) is -0.988. The lowest BCUT2D eigenvalue weighted by molar-refractivity contribution is 0.0916. The molecule has 0 aliphatic rings. The highest BCUT2D eigenvalue weighted by atomic mass is 19.1. The highest BCUT2D eigenvalue weighted by molar-refractivity contribution is 5.94. The number of nitrogens with one attached hydrogen (secondary N) is 1. The number of methoxy groups -OCH3 is 1. The Kier molecular flexibility index (Phi) is 4.72. The predicted molar refractivity (Wildman–Crippen MR) is 93.2 cm³/mol. The third-order valence-corrected chi connectivity index (χ3v) is 4.16. The van der Waals surface area contributed by atoms with Crippen molar-refractivity contribution in [1.82, 2.24) is 9.88 Å². The molecule has 0 saturated carbocycles. The van der Waals surface area contributed by atoms with Crippen LogP contribution in [0.1, 0.15) is 22.0 Å². The molecule has 2 aromatic carbocycles. The number of amides is 1. The van der Waals surface area contributed by atoms with E-state index in [0.717, 1.165) is 22.5 Å². The number of halogens is 1. The van der Waals surface area contributed by atoms with Gasteiger partial charge in [0, 0.05) is 41.8 Å². The lowest BCUT2D eigenvalue weighted by Gasteiger charge is -2.12. The van der Waals surface area contributed by atoms with Crippen LogP contribution in [0.5, 0.6) is 5.75 Å². The molecule has 130 valence electrons. The molecule has 0 saturated heterocycles. The number of aromatic nitrogens is 1. The van der Waals surface area contributed by atoms with Crippen LogP contribution in [0.15, 0.2) is 48.7 Å². The first-order chi connectivity index (χ1) is 12.0. The van der Waals surface area contributed by atoms with Crippen LogP contribution in [0.4, 0.5) is 4.39 Å². The van der Waals surface area contributed by atoms with Crippen LogP contribution in [0.2, 0.25) is 0 Å². The van der Waals surface area contributed by atoms with E-state index in [-0.39, 0.29) is 17.9 Å². The zero-order valence-corrected chi connectivity index (χ0v) is 14.0. The molecule has 0 fully saturated rings. The summed E-state index contributed by atoms with van der Waals surface area (Å²) in [5.41, 5.74) is 1.91. The van der Waals surface area contributed by atoms with E-state index in [0.29, 0.717) is 0 Å². The average molecular weight is 342 g/mol.